The van der Waals surface area contributed by atoms with Crippen LogP contribution in [0.4, 0.5) is 0 Å². The van der Waals surface area contributed by atoms with Crippen molar-refractivity contribution in [2.75, 3.05) is 6.61 Å². The quantitative estimate of drug-likeness (QED) is 0.229. The van der Waals surface area contributed by atoms with Crippen LogP contribution < -0.4 is 0 Å². The standard InChI is InChI=1S/C22H26O10/c1-9(2)3-4-11(22(31)21(30)20(29)19(28)15(8-23)32-22)10-7-14(26)16-12(24)5-6-13(25)17(16)18(10)27/h3,5-7,11,15,19-21,23-25,28-31H,4,8H2,1-2H3/t11?,15-,19-,20+,21+,22-/m1/s1. The van der Waals surface area contributed by atoms with Crippen molar-refractivity contribution in [3.05, 3.63) is 46.6 Å². The number of phenolic OH excluding ortho intramolecular Hbond substituents is 2. The Kier molecular flexibility index (Phi) is 6.57. The Balaban J connectivity index is 2.17. The smallest absolute Gasteiger partial charge is 0.202 e. The molecule has 3 rings (SSSR count). The number of carbonyl (C=O) groups excluding carboxylic acids is 2. The molecule has 0 aromatic heterocycles. The maximum Gasteiger partial charge on any atom is 0.202 e. The number of aliphatic hydroxyl groups is 5. The molecular formula is C22H26O10. The number of benzene rings is 1. The number of ketones is 2. The lowest BCUT2D eigenvalue weighted by Gasteiger charge is -2.49. The molecular weight excluding hydrogens is 424 g/mol. The molecule has 10 heteroatoms. The Morgan fingerprint density at radius 3 is 2.25 bits per heavy atom. The second-order valence-electron chi connectivity index (χ2n) is 8.23. The fourth-order valence-electron chi connectivity index (χ4n) is 4.08. The van der Waals surface area contributed by atoms with E-state index in [-0.39, 0.29) is 12.0 Å². The van der Waals surface area contributed by atoms with Gasteiger partial charge in [0.1, 0.15) is 35.9 Å². The molecule has 10 nitrogen and oxygen atoms in total. The summed E-state index contributed by atoms with van der Waals surface area (Å²) >= 11 is 0. The Morgan fingerprint density at radius 1 is 1.09 bits per heavy atom. The minimum atomic E-state index is -2.69. The number of rotatable bonds is 5. The van der Waals surface area contributed by atoms with Crippen molar-refractivity contribution in [3.8, 4) is 11.5 Å². The molecule has 0 saturated carbocycles. The molecule has 1 aromatic carbocycles. The summed E-state index contributed by atoms with van der Waals surface area (Å²) in [6.45, 7) is 2.65. The van der Waals surface area contributed by atoms with Crippen LogP contribution >= 0.6 is 0 Å². The van der Waals surface area contributed by atoms with E-state index in [2.05, 4.69) is 0 Å². The largest absolute Gasteiger partial charge is 0.507 e. The first kappa shape index (κ1) is 24.1. The molecule has 32 heavy (non-hydrogen) atoms. The highest BCUT2D eigenvalue weighted by Crippen LogP contribution is 2.44. The third-order valence-electron chi connectivity index (χ3n) is 5.82. The van der Waals surface area contributed by atoms with E-state index in [0.717, 1.165) is 23.8 Å². The molecule has 1 aliphatic heterocycles. The monoisotopic (exact) mass is 450 g/mol. The summed E-state index contributed by atoms with van der Waals surface area (Å²) in [6.07, 6.45) is -4.94. The predicted octanol–water partition coefficient (Wildman–Crippen LogP) is -0.462. The fraction of sp³-hybridized carbons (Fsp3) is 0.455. The Labute approximate surface area is 183 Å². The van der Waals surface area contributed by atoms with Crippen LogP contribution in [0.1, 0.15) is 41.0 Å². The van der Waals surface area contributed by atoms with Gasteiger partial charge in [-0.1, -0.05) is 11.6 Å². The second-order valence-corrected chi connectivity index (χ2v) is 8.23. The maximum absolute atomic E-state index is 13.3. The third-order valence-corrected chi connectivity index (χ3v) is 5.82. The lowest BCUT2D eigenvalue weighted by atomic mass is 9.74. The summed E-state index contributed by atoms with van der Waals surface area (Å²) in [4.78, 5) is 26.0. The number of Topliss-reactive ketones (excluding diaryl/α,β-unsaturated/α-hetero) is 1. The van der Waals surface area contributed by atoms with E-state index < -0.39 is 76.9 Å². The zero-order valence-corrected chi connectivity index (χ0v) is 17.5. The van der Waals surface area contributed by atoms with E-state index in [4.69, 9.17) is 4.74 Å². The van der Waals surface area contributed by atoms with Gasteiger partial charge in [0.2, 0.25) is 5.79 Å². The number of aromatic hydroxyl groups is 2. The Bertz CT molecular complexity index is 991. The van der Waals surface area contributed by atoms with Gasteiger partial charge in [0.15, 0.2) is 11.6 Å². The predicted molar refractivity (Wildman–Crippen MR) is 109 cm³/mol. The zero-order valence-electron chi connectivity index (χ0n) is 17.5. The fourth-order valence-corrected chi connectivity index (χ4v) is 4.08. The molecule has 1 aliphatic carbocycles. The Hall–Kier alpha value is -2.60. The minimum Gasteiger partial charge on any atom is -0.507 e. The van der Waals surface area contributed by atoms with E-state index in [1.807, 2.05) is 0 Å². The van der Waals surface area contributed by atoms with Gasteiger partial charge in [0, 0.05) is 11.5 Å². The molecule has 174 valence electrons. The molecule has 1 heterocycles. The van der Waals surface area contributed by atoms with Crippen LogP contribution in [-0.2, 0) is 4.74 Å². The molecule has 0 amide bonds. The summed E-state index contributed by atoms with van der Waals surface area (Å²) < 4.78 is 5.39. The van der Waals surface area contributed by atoms with Gasteiger partial charge >= 0.3 is 0 Å². The van der Waals surface area contributed by atoms with Gasteiger partial charge in [0.25, 0.3) is 0 Å². The number of fused-ring (bicyclic) bond motifs is 1. The number of allylic oxidation sites excluding steroid dienone is 3. The molecule has 1 saturated heterocycles. The second kappa shape index (κ2) is 8.74. The van der Waals surface area contributed by atoms with Gasteiger partial charge in [-0.15, -0.1) is 0 Å². The first-order chi connectivity index (χ1) is 14.9. The number of hydrogen-bond donors (Lipinski definition) is 7. The SMILES string of the molecule is CC(C)=CCC(C1=CC(=O)c2c(O)ccc(O)c2C1=O)[C@@]1(O)O[C@H](CO)[C@@H](O)[C@H](O)[C@@H]1O. The average molecular weight is 450 g/mol. The topological polar surface area (TPSA) is 185 Å². The van der Waals surface area contributed by atoms with E-state index >= 15 is 0 Å². The van der Waals surface area contributed by atoms with Crippen molar-refractivity contribution >= 4 is 11.6 Å². The third kappa shape index (κ3) is 3.85. The maximum atomic E-state index is 13.3. The summed E-state index contributed by atoms with van der Waals surface area (Å²) in [5.41, 5.74) is -0.453. The van der Waals surface area contributed by atoms with E-state index in [0.29, 0.717) is 0 Å². The van der Waals surface area contributed by atoms with Crippen LogP contribution in [0, 0.1) is 5.92 Å². The summed E-state index contributed by atoms with van der Waals surface area (Å²) in [6, 6.07) is 2.10. The van der Waals surface area contributed by atoms with Crippen molar-refractivity contribution in [1.82, 2.24) is 0 Å². The Morgan fingerprint density at radius 2 is 1.69 bits per heavy atom. The van der Waals surface area contributed by atoms with Crippen molar-refractivity contribution in [1.29, 1.82) is 0 Å². The van der Waals surface area contributed by atoms with E-state index in [9.17, 15) is 45.3 Å². The molecule has 0 spiro atoms. The lowest BCUT2D eigenvalue weighted by molar-refractivity contribution is -0.363. The van der Waals surface area contributed by atoms with Crippen molar-refractivity contribution in [2.45, 2.75) is 50.5 Å². The zero-order chi connectivity index (χ0) is 24.0. The molecule has 0 radical (unpaired) electrons. The van der Waals surface area contributed by atoms with Crippen LogP contribution in [-0.4, -0.2) is 84.1 Å². The normalized spacial score (nSPS) is 31.0. The van der Waals surface area contributed by atoms with Gasteiger partial charge < -0.3 is 40.5 Å². The highest BCUT2D eigenvalue weighted by Gasteiger charge is 2.58. The van der Waals surface area contributed by atoms with E-state index in [1.165, 1.54) is 0 Å². The van der Waals surface area contributed by atoms with Crippen molar-refractivity contribution in [2.24, 2.45) is 5.92 Å². The summed E-state index contributed by atoms with van der Waals surface area (Å²) in [5, 5.41) is 71.9. The average Bonchev–Trinajstić information content (AvgIpc) is 2.74. The molecule has 1 aromatic rings. The van der Waals surface area contributed by atoms with Crippen molar-refractivity contribution in [3.63, 3.8) is 0 Å². The van der Waals surface area contributed by atoms with Gasteiger partial charge in [-0.05, 0) is 38.5 Å². The van der Waals surface area contributed by atoms with Crippen LogP contribution in [0.2, 0.25) is 0 Å². The molecule has 2 aliphatic rings. The van der Waals surface area contributed by atoms with Gasteiger partial charge in [-0.3, -0.25) is 9.59 Å². The molecule has 1 unspecified atom stereocenters. The van der Waals surface area contributed by atoms with Crippen LogP contribution in [0.5, 0.6) is 11.5 Å². The van der Waals surface area contributed by atoms with Crippen LogP contribution in [0.3, 0.4) is 0 Å². The summed E-state index contributed by atoms with van der Waals surface area (Å²) in [5.74, 6) is -6.94. The number of carbonyl (C=O) groups is 2. The first-order valence-electron chi connectivity index (χ1n) is 9.98. The number of hydrogen-bond acceptors (Lipinski definition) is 10. The molecule has 7 N–H and O–H groups in total. The van der Waals surface area contributed by atoms with E-state index in [1.54, 1.807) is 19.9 Å². The molecule has 6 atom stereocenters. The summed E-state index contributed by atoms with van der Waals surface area (Å²) in [7, 11) is 0. The van der Waals surface area contributed by atoms with Crippen molar-refractivity contribution < 1.29 is 50.1 Å². The number of aliphatic hydroxyl groups excluding tert-OH is 4. The molecule has 1 fully saturated rings. The van der Waals surface area contributed by atoms with Gasteiger partial charge in [-0.25, -0.2) is 0 Å². The van der Waals surface area contributed by atoms with Crippen LogP contribution in [0.15, 0.2) is 35.4 Å². The lowest BCUT2D eigenvalue weighted by Crippen LogP contribution is -2.68. The number of phenols is 2. The van der Waals surface area contributed by atoms with Gasteiger partial charge in [-0.2, -0.15) is 0 Å². The number of ether oxygens (including phenoxy) is 1. The van der Waals surface area contributed by atoms with Crippen LogP contribution in [0.25, 0.3) is 0 Å². The minimum absolute atomic E-state index is 0.142. The highest BCUT2D eigenvalue weighted by molar-refractivity contribution is 6.26. The highest BCUT2D eigenvalue weighted by atomic mass is 16.7. The van der Waals surface area contributed by atoms with Gasteiger partial charge in [0.05, 0.1) is 17.7 Å². The molecule has 0 bridgehead atoms. The first-order valence-corrected chi connectivity index (χ1v) is 9.98.